The van der Waals surface area contributed by atoms with Gasteiger partial charge in [0.05, 0.1) is 5.02 Å². The van der Waals surface area contributed by atoms with Crippen LogP contribution in [0, 0.1) is 0 Å². The Hall–Kier alpha value is -0.600. The molecule has 0 atom stereocenters. The summed E-state index contributed by atoms with van der Waals surface area (Å²) in [6.07, 6.45) is 18.7. The maximum absolute atomic E-state index is 10.5. The molecular formula is C24H40Cl2O2. The first-order valence-electron chi connectivity index (χ1n) is 11.4. The minimum atomic E-state index is -0.270. The van der Waals surface area contributed by atoms with E-state index in [9.17, 15) is 10.2 Å². The number of unbranched alkanes of at least 4 members (excludes halogenated alkanes) is 12. The summed E-state index contributed by atoms with van der Waals surface area (Å²) in [5.41, 5.74) is 1.73. The van der Waals surface area contributed by atoms with Gasteiger partial charge < -0.3 is 10.2 Å². The lowest BCUT2D eigenvalue weighted by molar-refractivity contribution is 0.397. The van der Waals surface area contributed by atoms with Gasteiger partial charge in [-0.1, -0.05) is 114 Å². The average Bonchev–Trinajstić information content (AvgIpc) is 2.70. The summed E-state index contributed by atoms with van der Waals surface area (Å²) in [4.78, 5) is 0. The van der Waals surface area contributed by atoms with Crippen molar-refractivity contribution in [1.82, 2.24) is 0 Å². The van der Waals surface area contributed by atoms with Crippen LogP contribution in [-0.4, -0.2) is 10.2 Å². The van der Waals surface area contributed by atoms with Gasteiger partial charge in [-0.2, -0.15) is 0 Å². The Morgan fingerprint density at radius 3 is 1.36 bits per heavy atom. The zero-order valence-corrected chi connectivity index (χ0v) is 19.5. The van der Waals surface area contributed by atoms with E-state index >= 15 is 0 Å². The largest absolute Gasteiger partial charge is 0.504 e. The molecule has 0 saturated carbocycles. The predicted octanol–water partition coefficient (Wildman–Crippen LogP) is 8.99. The third kappa shape index (κ3) is 8.82. The van der Waals surface area contributed by atoms with E-state index < -0.39 is 0 Å². The summed E-state index contributed by atoms with van der Waals surface area (Å²) < 4.78 is 0. The normalized spacial score (nSPS) is 11.3. The van der Waals surface area contributed by atoms with Crippen LogP contribution in [0.2, 0.25) is 10.0 Å². The highest BCUT2D eigenvalue weighted by molar-refractivity contribution is 6.43. The van der Waals surface area contributed by atoms with Crippen LogP contribution in [0.25, 0.3) is 0 Å². The number of benzene rings is 1. The van der Waals surface area contributed by atoms with Crippen molar-refractivity contribution in [3.8, 4) is 11.5 Å². The lowest BCUT2D eigenvalue weighted by Gasteiger charge is -2.17. The van der Waals surface area contributed by atoms with Crippen molar-refractivity contribution in [3.63, 3.8) is 0 Å². The van der Waals surface area contributed by atoms with Gasteiger partial charge >= 0.3 is 0 Å². The minimum absolute atomic E-state index is 0.0710. The highest BCUT2D eigenvalue weighted by Crippen LogP contribution is 2.45. The Morgan fingerprint density at radius 1 is 0.500 bits per heavy atom. The lowest BCUT2D eigenvalue weighted by atomic mass is 9.94. The van der Waals surface area contributed by atoms with E-state index in [0.29, 0.717) is 5.02 Å². The number of halogens is 2. The summed E-state index contributed by atoms with van der Waals surface area (Å²) >= 11 is 12.6. The highest BCUT2D eigenvalue weighted by Gasteiger charge is 2.21. The topological polar surface area (TPSA) is 40.5 Å². The second-order valence-corrected chi connectivity index (χ2v) is 8.78. The Balaban J connectivity index is 2.60. The first kappa shape index (κ1) is 25.4. The van der Waals surface area contributed by atoms with Crippen molar-refractivity contribution < 1.29 is 10.2 Å². The monoisotopic (exact) mass is 430 g/mol. The number of hydrogen-bond acceptors (Lipinski definition) is 2. The molecule has 0 spiro atoms. The van der Waals surface area contributed by atoms with Gasteiger partial charge in [-0.15, -0.1) is 0 Å². The molecule has 1 rings (SSSR count). The highest BCUT2D eigenvalue weighted by atomic mass is 35.5. The van der Waals surface area contributed by atoms with E-state index in [4.69, 9.17) is 23.2 Å². The molecule has 0 radical (unpaired) electrons. The fraction of sp³-hybridized carbons (Fsp3) is 0.750. The van der Waals surface area contributed by atoms with Crippen LogP contribution in [0.1, 0.15) is 115 Å². The molecule has 0 heterocycles. The fourth-order valence-corrected chi connectivity index (χ4v) is 4.31. The molecular weight excluding hydrogens is 391 g/mol. The van der Waals surface area contributed by atoms with Gasteiger partial charge in [-0.3, -0.25) is 0 Å². The summed E-state index contributed by atoms with van der Waals surface area (Å²) in [5, 5.41) is 21.1. The number of hydrogen-bond donors (Lipinski definition) is 2. The molecule has 0 aliphatic heterocycles. The van der Waals surface area contributed by atoms with Crippen molar-refractivity contribution in [1.29, 1.82) is 0 Å². The van der Waals surface area contributed by atoms with Crippen LogP contribution >= 0.6 is 23.2 Å². The first-order valence-corrected chi connectivity index (χ1v) is 12.2. The Bertz CT molecular complexity index is 509. The van der Waals surface area contributed by atoms with Gasteiger partial charge in [0.1, 0.15) is 5.02 Å². The second-order valence-electron chi connectivity index (χ2n) is 8.02. The molecule has 0 saturated heterocycles. The van der Waals surface area contributed by atoms with Gasteiger partial charge in [0, 0.05) is 5.56 Å². The summed E-state index contributed by atoms with van der Waals surface area (Å²) in [5.74, 6) is -0.341. The number of rotatable bonds is 16. The van der Waals surface area contributed by atoms with Crippen LogP contribution in [0.3, 0.4) is 0 Å². The van der Waals surface area contributed by atoms with Crippen molar-refractivity contribution in [3.05, 3.63) is 21.2 Å². The molecule has 28 heavy (non-hydrogen) atoms. The van der Waals surface area contributed by atoms with Crippen molar-refractivity contribution in [2.75, 3.05) is 0 Å². The van der Waals surface area contributed by atoms with Gasteiger partial charge in [0.25, 0.3) is 0 Å². The Morgan fingerprint density at radius 2 is 0.893 bits per heavy atom. The lowest BCUT2D eigenvalue weighted by Crippen LogP contribution is -1.99. The fourth-order valence-electron chi connectivity index (χ4n) is 3.81. The molecule has 0 unspecified atom stereocenters. The zero-order valence-electron chi connectivity index (χ0n) is 18.0. The number of phenols is 2. The number of phenolic OH excluding ortho intramolecular Hbond substituents is 2. The van der Waals surface area contributed by atoms with Crippen LogP contribution in [0.5, 0.6) is 11.5 Å². The Labute approximate surface area is 182 Å². The van der Waals surface area contributed by atoms with Crippen molar-refractivity contribution in [2.24, 2.45) is 0 Å². The molecule has 0 bridgehead atoms. The third-order valence-electron chi connectivity index (χ3n) is 5.60. The third-order valence-corrected chi connectivity index (χ3v) is 6.48. The Kier molecular flexibility index (Phi) is 13.9. The first-order chi connectivity index (χ1) is 13.5. The molecule has 0 amide bonds. The predicted molar refractivity (Wildman–Crippen MR) is 123 cm³/mol. The van der Waals surface area contributed by atoms with Gasteiger partial charge in [-0.25, -0.2) is 0 Å². The van der Waals surface area contributed by atoms with E-state index in [1.165, 1.54) is 64.2 Å². The molecule has 2 N–H and O–H groups in total. The van der Waals surface area contributed by atoms with Crippen LogP contribution < -0.4 is 0 Å². The van der Waals surface area contributed by atoms with Gasteiger partial charge in [0.15, 0.2) is 11.5 Å². The van der Waals surface area contributed by atoms with E-state index in [2.05, 4.69) is 13.8 Å². The maximum atomic E-state index is 10.5. The van der Waals surface area contributed by atoms with Crippen molar-refractivity contribution in [2.45, 2.75) is 117 Å². The SMILES string of the molecule is CCCCCCCCCc1c(O)c(O)c(Cl)c(Cl)c1CCCCCCCCC. The molecule has 2 nitrogen and oxygen atoms in total. The summed E-state index contributed by atoms with van der Waals surface area (Å²) in [6, 6.07) is 0. The van der Waals surface area contributed by atoms with E-state index in [-0.39, 0.29) is 16.5 Å². The number of aromatic hydroxyl groups is 2. The van der Waals surface area contributed by atoms with Crippen LogP contribution in [0.4, 0.5) is 0 Å². The smallest absolute Gasteiger partial charge is 0.178 e. The minimum Gasteiger partial charge on any atom is -0.504 e. The molecule has 4 heteroatoms. The van der Waals surface area contributed by atoms with E-state index in [1.54, 1.807) is 0 Å². The summed E-state index contributed by atoms with van der Waals surface area (Å²) in [7, 11) is 0. The molecule has 0 fully saturated rings. The zero-order chi connectivity index (χ0) is 20.8. The van der Waals surface area contributed by atoms with Crippen LogP contribution in [-0.2, 0) is 12.8 Å². The molecule has 0 aromatic heterocycles. The standard InChI is InChI=1S/C24H40Cl2O2/c1-3-5-7-9-11-13-15-17-19-20(18-16-14-12-10-8-6-4-2)23(27)24(28)22(26)21(19)25/h27-28H,3-18H2,1-2H3. The second kappa shape index (κ2) is 15.3. The van der Waals surface area contributed by atoms with Gasteiger partial charge in [0.2, 0.25) is 0 Å². The molecule has 1 aromatic rings. The quantitative estimate of drug-likeness (QED) is 0.202. The molecule has 1 aromatic carbocycles. The molecule has 0 aliphatic rings. The van der Waals surface area contributed by atoms with Crippen molar-refractivity contribution >= 4 is 23.2 Å². The van der Waals surface area contributed by atoms with Gasteiger partial charge in [-0.05, 0) is 31.2 Å². The van der Waals surface area contributed by atoms with E-state index in [1.807, 2.05) is 0 Å². The van der Waals surface area contributed by atoms with Crippen LogP contribution in [0.15, 0.2) is 0 Å². The summed E-state index contributed by atoms with van der Waals surface area (Å²) in [6.45, 7) is 4.46. The maximum Gasteiger partial charge on any atom is 0.178 e. The van der Waals surface area contributed by atoms with E-state index in [0.717, 1.165) is 49.7 Å². The average molecular weight is 431 g/mol. The molecule has 0 aliphatic carbocycles. The molecule has 162 valence electrons.